The lowest BCUT2D eigenvalue weighted by Crippen LogP contribution is -1.87. The number of unbranched alkanes of at least 4 members (excludes halogenated alkanes) is 5. The molecule has 0 saturated carbocycles. The zero-order valence-corrected chi connectivity index (χ0v) is 13.0. The molecule has 4 N–H and O–H groups in total. The summed E-state index contributed by atoms with van der Waals surface area (Å²) in [6.07, 6.45) is 9.36. The quantitative estimate of drug-likeness (QED) is 0.690. The van der Waals surface area contributed by atoms with Gasteiger partial charge in [0.15, 0.2) is 0 Å². The van der Waals surface area contributed by atoms with E-state index in [4.69, 9.17) is 11.5 Å². The molecule has 2 rings (SSSR count). The minimum Gasteiger partial charge on any atom is -0.374 e. The van der Waals surface area contributed by atoms with Gasteiger partial charge in [0.2, 0.25) is 10.3 Å². The summed E-state index contributed by atoms with van der Waals surface area (Å²) >= 11 is 2.99. The lowest BCUT2D eigenvalue weighted by atomic mass is 10.1. The molecule has 0 bridgehead atoms. The van der Waals surface area contributed by atoms with Crippen LogP contribution in [0.3, 0.4) is 0 Å². The molecule has 20 heavy (non-hydrogen) atoms. The summed E-state index contributed by atoms with van der Waals surface area (Å²) in [5, 5.41) is 18.9. The molecule has 0 aliphatic rings. The van der Waals surface area contributed by atoms with Crippen LogP contribution in [0.25, 0.3) is 0 Å². The van der Waals surface area contributed by atoms with Crippen LogP contribution in [0, 0.1) is 0 Å². The molecule has 0 radical (unpaired) electrons. The Morgan fingerprint density at radius 3 is 1.35 bits per heavy atom. The van der Waals surface area contributed by atoms with Gasteiger partial charge in [-0.05, 0) is 12.8 Å². The maximum absolute atomic E-state index is 5.54. The molecule has 0 amide bonds. The van der Waals surface area contributed by atoms with Crippen LogP contribution in [-0.2, 0) is 12.8 Å². The van der Waals surface area contributed by atoms with Crippen molar-refractivity contribution in [2.24, 2.45) is 0 Å². The van der Waals surface area contributed by atoms with Crippen molar-refractivity contribution in [3.63, 3.8) is 0 Å². The number of rotatable bonds is 9. The molecule has 0 atom stereocenters. The Labute approximate surface area is 126 Å². The zero-order valence-electron chi connectivity index (χ0n) is 11.4. The average molecular weight is 312 g/mol. The van der Waals surface area contributed by atoms with E-state index < -0.39 is 0 Å². The second kappa shape index (κ2) is 8.11. The Bertz CT molecular complexity index is 463. The molecule has 2 heterocycles. The normalized spacial score (nSPS) is 11.0. The van der Waals surface area contributed by atoms with E-state index in [1.54, 1.807) is 0 Å². The molecule has 0 aliphatic carbocycles. The predicted octanol–water partition coefficient (Wildman–Crippen LogP) is 2.68. The third-order valence-corrected chi connectivity index (χ3v) is 4.62. The topological polar surface area (TPSA) is 104 Å². The first-order chi connectivity index (χ1) is 9.74. The van der Waals surface area contributed by atoms with E-state index >= 15 is 0 Å². The van der Waals surface area contributed by atoms with Gasteiger partial charge in [-0.15, -0.1) is 20.4 Å². The van der Waals surface area contributed by atoms with E-state index in [0.29, 0.717) is 10.3 Å². The van der Waals surface area contributed by atoms with Crippen LogP contribution in [0.5, 0.6) is 0 Å². The Balaban J connectivity index is 1.44. The molecule has 0 spiro atoms. The minimum atomic E-state index is 0.567. The fourth-order valence-corrected chi connectivity index (χ4v) is 3.30. The van der Waals surface area contributed by atoms with Crippen molar-refractivity contribution in [2.75, 3.05) is 11.5 Å². The van der Waals surface area contributed by atoms with Crippen LogP contribution >= 0.6 is 22.7 Å². The van der Waals surface area contributed by atoms with E-state index in [1.807, 2.05) is 0 Å². The van der Waals surface area contributed by atoms with Gasteiger partial charge in [0, 0.05) is 12.8 Å². The van der Waals surface area contributed by atoms with Gasteiger partial charge >= 0.3 is 0 Å². The highest BCUT2D eigenvalue weighted by Gasteiger charge is 2.02. The highest BCUT2D eigenvalue weighted by atomic mass is 32.1. The fraction of sp³-hybridized carbons (Fsp3) is 0.667. The van der Waals surface area contributed by atoms with Crippen LogP contribution in [0.2, 0.25) is 0 Å². The predicted molar refractivity (Wildman–Crippen MR) is 83.8 cm³/mol. The second-order valence-corrected chi connectivity index (χ2v) is 6.88. The van der Waals surface area contributed by atoms with Gasteiger partial charge in [0.05, 0.1) is 0 Å². The van der Waals surface area contributed by atoms with E-state index in [0.717, 1.165) is 22.9 Å². The third kappa shape index (κ3) is 5.38. The molecule has 6 nitrogen and oxygen atoms in total. The maximum Gasteiger partial charge on any atom is 0.203 e. The lowest BCUT2D eigenvalue weighted by molar-refractivity contribution is 0.591. The molecule has 2 aromatic rings. The van der Waals surface area contributed by atoms with E-state index in [2.05, 4.69) is 20.4 Å². The van der Waals surface area contributed by atoms with Crippen LogP contribution < -0.4 is 11.5 Å². The Morgan fingerprint density at radius 1 is 0.600 bits per heavy atom. The Kier molecular flexibility index (Phi) is 6.13. The maximum atomic E-state index is 5.54. The number of aromatic nitrogens is 4. The van der Waals surface area contributed by atoms with Gasteiger partial charge in [-0.2, -0.15) is 0 Å². The summed E-state index contributed by atoms with van der Waals surface area (Å²) in [5.41, 5.74) is 11.1. The first kappa shape index (κ1) is 15.1. The highest BCUT2D eigenvalue weighted by Crippen LogP contribution is 2.16. The van der Waals surface area contributed by atoms with Crippen molar-refractivity contribution in [1.82, 2.24) is 20.4 Å². The van der Waals surface area contributed by atoms with E-state index in [9.17, 15) is 0 Å². The molecule has 0 saturated heterocycles. The summed E-state index contributed by atoms with van der Waals surface area (Å²) in [4.78, 5) is 0. The summed E-state index contributed by atoms with van der Waals surface area (Å²) in [6.45, 7) is 0. The van der Waals surface area contributed by atoms with Crippen molar-refractivity contribution < 1.29 is 0 Å². The van der Waals surface area contributed by atoms with Gasteiger partial charge < -0.3 is 11.5 Å². The molecule has 0 aliphatic heterocycles. The van der Waals surface area contributed by atoms with Crippen LogP contribution in [0.1, 0.15) is 48.5 Å². The van der Waals surface area contributed by atoms with E-state index in [-0.39, 0.29) is 0 Å². The number of anilines is 2. The van der Waals surface area contributed by atoms with Crippen molar-refractivity contribution in [2.45, 2.75) is 51.4 Å². The second-order valence-electron chi connectivity index (χ2n) is 4.69. The molecular formula is C12H20N6S2. The van der Waals surface area contributed by atoms with Gasteiger partial charge in [-0.1, -0.05) is 48.4 Å². The number of hydrogen-bond donors (Lipinski definition) is 2. The smallest absolute Gasteiger partial charge is 0.203 e. The molecule has 8 heteroatoms. The fourth-order valence-electron chi connectivity index (χ4n) is 1.99. The first-order valence-electron chi connectivity index (χ1n) is 6.90. The monoisotopic (exact) mass is 312 g/mol. The van der Waals surface area contributed by atoms with Crippen molar-refractivity contribution >= 4 is 32.9 Å². The van der Waals surface area contributed by atoms with Gasteiger partial charge in [0.1, 0.15) is 10.0 Å². The molecule has 0 aromatic carbocycles. The summed E-state index contributed by atoms with van der Waals surface area (Å²) in [5.74, 6) is 0. The van der Waals surface area contributed by atoms with Crippen LogP contribution in [0.15, 0.2) is 0 Å². The zero-order chi connectivity index (χ0) is 14.2. The third-order valence-electron chi connectivity index (χ3n) is 3.00. The van der Waals surface area contributed by atoms with E-state index in [1.165, 1.54) is 61.2 Å². The van der Waals surface area contributed by atoms with Gasteiger partial charge in [-0.25, -0.2) is 0 Å². The number of hydrogen-bond acceptors (Lipinski definition) is 8. The SMILES string of the molecule is Nc1nnc(CCCCCCCCc2nnc(N)s2)s1. The lowest BCUT2D eigenvalue weighted by Gasteiger charge is -2.00. The molecule has 110 valence electrons. The number of nitrogens with two attached hydrogens (primary N) is 2. The van der Waals surface area contributed by atoms with Crippen molar-refractivity contribution in [3.05, 3.63) is 10.0 Å². The molecule has 0 fully saturated rings. The van der Waals surface area contributed by atoms with Crippen LogP contribution in [0.4, 0.5) is 10.3 Å². The molecular weight excluding hydrogens is 292 g/mol. The van der Waals surface area contributed by atoms with Gasteiger partial charge in [-0.3, -0.25) is 0 Å². The largest absolute Gasteiger partial charge is 0.374 e. The number of nitrogen functional groups attached to an aromatic ring is 2. The van der Waals surface area contributed by atoms with Gasteiger partial charge in [0.25, 0.3) is 0 Å². The van der Waals surface area contributed by atoms with Crippen molar-refractivity contribution in [3.8, 4) is 0 Å². The van der Waals surface area contributed by atoms with Crippen molar-refractivity contribution in [1.29, 1.82) is 0 Å². The number of nitrogens with zero attached hydrogens (tertiary/aromatic N) is 4. The summed E-state index contributed by atoms with van der Waals surface area (Å²) < 4.78 is 0. The Morgan fingerprint density at radius 2 is 1.00 bits per heavy atom. The van der Waals surface area contributed by atoms with Crippen LogP contribution in [-0.4, -0.2) is 20.4 Å². The summed E-state index contributed by atoms with van der Waals surface area (Å²) in [6, 6.07) is 0. The first-order valence-corrected chi connectivity index (χ1v) is 8.53. The molecule has 0 unspecified atom stereocenters. The standard InChI is InChI=1S/C12H20N6S2/c13-11-17-15-9(19-11)7-5-3-1-2-4-6-8-10-16-18-12(14)20-10/h1-8H2,(H2,13,17)(H2,14,18). The number of aryl methyl sites for hydroxylation is 2. The summed E-state index contributed by atoms with van der Waals surface area (Å²) in [7, 11) is 0. The highest BCUT2D eigenvalue weighted by molar-refractivity contribution is 7.15. The minimum absolute atomic E-state index is 0.567. The average Bonchev–Trinajstić information content (AvgIpc) is 3.02. The molecule has 2 aromatic heterocycles. The Hall–Kier alpha value is -1.28.